The zero-order valence-electron chi connectivity index (χ0n) is 8.44. The van der Waals surface area contributed by atoms with Crippen LogP contribution in [-0.2, 0) is 4.74 Å². The first-order chi connectivity index (χ1) is 7.72. The van der Waals surface area contributed by atoms with E-state index in [4.69, 9.17) is 16.0 Å². The maximum atomic E-state index is 11.4. The van der Waals surface area contributed by atoms with Gasteiger partial charge in [0.05, 0.1) is 7.11 Å². The Morgan fingerprint density at radius 1 is 1.50 bits per heavy atom. The molecule has 0 aliphatic rings. The van der Waals surface area contributed by atoms with Crippen molar-refractivity contribution in [2.45, 2.75) is 0 Å². The number of hydrogen-bond donors (Lipinski definition) is 0. The normalized spacial score (nSPS) is 10.1. The Morgan fingerprint density at radius 2 is 2.31 bits per heavy atom. The number of nitrogens with zero attached hydrogens (tertiary/aromatic N) is 1. The van der Waals surface area contributed by atoms with Gasteiger partial charge in [-0.3, -0.25) is 0 Å². The van der Waals surface area contributed by atoms with Gasteiger partial charge < -0.3 is 9.15 Å². The van der Waals surface area contributed by atoms with Gasteiger partial charge in [0.15, 0.2) is 17.8 Å². The number of carbonyl (C=O) groups is 1. The Kier molecular flexibility index (Phi) is 2.92. The Labute approximate surface area is 96.8 Å². The quantitative estimate of drug-likeness (QED) is 0.754. The SMILES string of the molecule is COC(=O)c1ncoc1-c1cccc(Cl)c1. The molecule has 1 heterocycles. The van der Waals surface area contributed by atoms with Gasteiger partial charge in [-0.2, -0.15) is 0 Å². The standard InChI is InChI=1S/C11H8ClNO3/c1-15-11(14)9-10(16-6-13-9)7-3-2-4-8(12)5-7/h2-6H,1H3. The van der Waals surface area contributed by atoms with Crippen LogP contribution in [0.1, 0.15) is 10.5 Å². The van der Waals surface area contributed by atoms with E-state index in [1.54, 1.807) is 24.3 Å². The van der Waals surface area contributed by atoms with Gasteiger partial charge in [-0.05, 0) is 12.1 Å². The van der Waals surface area contributed by atoms with Crippen molar-refractivity contribution in [3.63, 3.8) is 0 Å². The first-order valence-electron chi connectivity index (χ1n) is 4.50. The van der Waals surface area contributed by atoms with Crippen molar-refractivity contribution in [2.75, 3.05) is 7.11 Å². The van der Waals surface area contributed by atoms with Crippen molar-refractivity contribution >= 4 is 17.6 Å². The van der Waals surface area contributed by atoms with Gasteiger partial charge in [0.1, 0.15) is 0 Å². The summed E-state index contributed by atoms with van der Waals surface area (Å²) in [4.78, 5) is 15.2. The molecule has 0 spiro atoms. The third kappa shape index (κ3) is 1.92. The summed E-state index contributed by atoms with van der Waals surface area (Å²) in [6.45, 7) is 0. The van der Waals surface area contributed by atoms with Crippen LogP contribution in [0.25, 0.3) is 11.3 Å². The van der Waals surface area contributed by atoms with E-state index < -0.39 is 5.97 Å². The van der Waals surface area contributed by atoms with Gasteiger partial charge >= 0.3 is 5.97 Å². The van der Waals surface area contributed by atoms with Crippen molar-refractivity contribution in [3.8, 4) is 11.3 Å². The van der Waals surface area contributed by atoms with E-state index in [2.05, 4.69) is 9.72 Å². The molecule has 0 bridgehead atoms. The lowest BCUT2D eigenvalue weighted by Crippen LogP contribution is -2.03. The van der Waals surface area contributed by atoms with Gasteiger partial charge in [0.2, 0.25) is 0 Å². The molecule has 0 radical (unpaired) electrons. The van der Waals surface area contributed by atoms with E-state index in [-0.39, 0.29) is 5.69 Å². The zero-order valence-corrected chi connectivity index (χ0v) is 9.19. The lowest BCUT2D eigenvalue weighted by atomic mass is 10.1. The summed E-state index contributed by atoms with van der Waals surface area (Å²) in [6, 6.07) is 6.97. The zero-order chi connectivity index (χ0) is 11.5. The average Bonchev–Trinajstić information content (AvgIpc) is 2.77. The van der Waals surface area contributed by atoms with Crippen LogP contribution in [0.3, 0.4) is 0 Å². The van der Waals surface area contributed by atoms with E-state index in [1.165, 1.54) is 13.5 Å². The summed E-state index contributed by atoms with van der Waals surface area (Å²) < 4.78 is 9.75. The minimum atomic E-state index is -0.538. The van der Waals surface area contributed by atoms with Gasteiger partial charge in [-0.1, -0.05) is 23.7 Å². The van der Waals surface area contributed by atoms with Gasteiger partial charge in [0, 0.05) is 10.6 Å². The molecule has 2 aromatic rings. The van der Waals surface area contributed by atoms with Gasteiger partial charge in [-0.25, -0.2) is 9.78 Å². The first kappa shape index (κ1) is 10.7. The topological polar surface area (TPSA) is 52.3 Å². The van der Waals surface area contributed by atoms with Gasteiger partial charge in [-0.15, -0.1) is 0 Å². The summed E-state index contributed by atoms with van der Waals surface area (Å²) in [5, 5.41) is 0.560. The number of benzene rings is 1. The number of oxazole rings is 1. The van der Waals surface area contributed by atoms with Crippen LogP contribution in [0.5, 0.6) is 0 Å². The number of hydrogen-bond acceptors (Lipinski definition) is 4. The maximum absolute atomic E-state index is 11.4. The fraction of sp³-hybridized carbons (Fsp3) is 0.0909. The maximum Gasteiger partial charge on any atom is 0.360 e. The molecule has 5 heteroatoms. The molecule has 1 aromatic heterocycles. The fourth-order valence-corrected chi connectivity index (χ4v) is 1.51. The molecule has 82 valence electrons. The Hall–Kier alpha value is -1.81. The molecule has 16 heavy (non-hydrogen) atoms. The van der Waals surface area contributed by atoms with Crippen LogP contribution in [-0.4, -0.2) is 18.1 Å². The molecule has 4 nitrogen and oxygen atoms in total. The highest BCUT2D eigenvalue weighted by Crippen LogP contribution is 2.25. The van der Waals surface area contributed by atoms with Crippen LogP contribution in [0.4, 0.5) is 0 Å². The molecule has 0 aliphatic carbocycles. The van der Waals surface area contributed by atoms with Crippen LogP contribution < -0.4 is 0 Å². The number of aromatic nitrogens is 1. The molecule has 0 saturated heterocycles. The van der Waals surface area contributed by atoms with Crippen molar-refractivity contribution in [3.05, 3.63) is 41.4 Å². The largest absolute Gasteiger partial charge is 0.464 e. The monoisotopic (exact) mass is 237 g/mol. The highest BCUT2D eigenvalue weighted by molar-refractivity contribution is 6.30. The van der Waals surface area contributed by atoms with Crippen molar-refractivity contribution < 1.29 is 13.9 Å². The van der Waals surface area contributed by atoms with Crippen LogP contribution >= 0.6 is 11.6 Å². The van der Waals surface area contributed by atoms with Crippen molar-refractivity contribution in [2.24, 2.45) is 0 Å². The molecule has 0 saturated carbocycles. The average molecular weight is 238 g/mol. The Balaban J connectivity index is 2.48. The van der Waals surface area contributed by atoms with E-state index in [1.807, 2.05) is 0 Å². The second-order valence-electron chi connectivity index (χ2n) is 3.03. The Morgan fingerprint density at radius 3 is 3.00 bits per heavy atom. The Bertz CT molecular complexity index is 521. The van der Waals surface area contributed by atoms with Crippen LogP contribution in [0.15, 0.2) is 35.1 Å². The van der Waals surface area contributed by atoms with E-state index in [0.29, 0.717) is 16.3 Å². The van der Waals surface area contributed by atoms with Crippen molar-refractivity contribution in [1.82, 2.24) is 4.98 Å². The van der Waals surface area contributed by atoms with Crippen LogP contribution in [0, 0.1) is 0 Å². The molecule has 0 amide bonds. The molecular formula is C11H8ClNO3. The number of ether oxygens (including phenoxy) is 1. The number of carbonyl (C=O) groups excluding carboxylic acids is 1. The van der Waals surface area contributed by atoms with Gasteiger partial charge in [0.25, 0.3) is 0 Å². The minimum absolute atomic E-state index is 0.143. The summed E-state index contributed by atoms with van der Waals surface area (Å²) in [7, 11) is 1.29. The molecular weight excluding hydrogens is 230 g/mol. The van der Waals surface area contributed by atoms with Crippen molar-refractivity contribution in [1.29, 1.82) is 0 Å². The molecule has 0 aliphatic heterocycles. The fourth-order valence-electron chi connectivity index (χ4n) is 1.32. The van der Waals surface area contributed by atoms with E-state index >= 15 is 0 Å². The van der Waals surface area contributed by atoms with E-state index in [0.717, 1.165) is 0 Å². The molecule has 0 N–H and O–H groups in total. The summed E-state index contributed by atoms with van der Waals surface area (Å²) >= 11 is 5.85. The third-order valence-electron chi connectivity index (χ3n) is 2.03. The summed E-state index contributed by atoms with van der Waals surface area (Å²) in [6.07, 6.45) is 1.20. The predicted octanol–water partition coefficient (Wildman–Crippen LogP) is 2.78. The molecule has 1 aromatic carbocycles. The number of esters is 1. The lowest BCUT2D eigenvalue weighted by Gasteiger charge is -2.00. The smallest absolute Gasteiger partial charge is 0.360 e. The second-order valence-corrected chi connectivity index (χ2v) is 3.47. The second kappa shape index (κ2) is 4.37. The highest BCUT2D eigenvalue weighted by atomic mass is 35.5. The third-order valence-corrected chi connectivity index (χ3v) is 2.27. The molecule has 0 unspecified atom stereocenters. The first-order valence-corrected chi connectivity index (χ1v) is 4.88. The number of halogens is 1. The minimum Gasteiger partial charge on any atom is -0.464 e. The number of methoxy groups -OCH3 is 1. The predicted molar refractivity (Wildman–Crippen MR) is 58.3 cm³/mol. The highest BCUT2D eigenvalue weighted by Gasteiger charge is 2.18. The lowest BCUT2D eigenvalue weighted by molar-refractivity contribution is 0.0595. The molecule has 0 fully saturated rings. The molecule has 0 atom stereocenters. The molecule has 2 rings (SSSR count). The number of rotatable bonds is 2. The van der Waals surface area contributed by atoms with E-state index in [9.17, 15) is 4.79 Å². The summed E-state index contributed by atoms with van der Waals surface area (Å²) in [5.74, 6) is -0.182. The van der Waals surface area contributed by atoms with Crippen LogP contribution in [0.2, 0.25) is 5.02 Å². The summed E-state index contributed by atoms with van der Waals surface area (Å²) in [5.41, 5.74) is 0.829.